The average Bonchev–Trinajstić information content (AvgIpc) is 2.81. The zero-order valence-corrected chi connectivity index (χ0v) is 13.3. The predicted octanol–water partition coefficient (Wildman–Crippen LogP) is 1.75. The Bertz CT molecular complexity index is 586. The van der Waals surface area contributed by atoms with Crippen molar-refractivity contribution in [3.05, 3.63) is 23.3 Å². The highest BCUT2D eigenvalue weighted by atomic mass is 16.6. The van der Waals surface area contributed by atoms with Crippen LogP contribution in [-0.4, -0.2) is 34.9 Å². The van der Waals surface area contributed by atoms with Crippen molar-refractivity contribution in [2.75, 3.05) is 0 Å². The fraction of sp³-hybridized carbons (Fsp3) is 0.647. The summed E-state index contributed by atoms with van der Waals surface area (Å²) in [6.07, 6.45) is 3.37. The minimum absolute atomic E-state index is 0.236. The number of ether oxygens (including phenoxy) is 2. The Morgan fingerprint density at radius 1 is 1.50 bits per heavy atom. The van der Waals surface area contributed by atoms with Gasteiger partial charge in [0.1, 0.15) is 12.2 Å². The Morgan fingerprint density at radius 3 is 2.82 bits per heavy atom. The maximum Gasteiger partial charge on any atom is 0.309 e. The van der Waals surface area contributed by atoms with Crippen LogP contribution in [0.2, 0.25) is 0 Å². The van der Waals surface area contributed by atoms with Crippen LogP contribution >= 0.6 is 0 Å². The monoisotopic (exact) mass is 306 g/mol. The maximum absolute atomic E-state index is 12.1. The Hall–Kier alpha value is -1.62. The summed E-state index contributed by atoms with van der Waals surface area (Å²) in [7, 11) is 0. The molecule has 5 nitrogen and oxygen atoms in total. The highest BCUT2D eigenvalue weighted by molar-refractivity contribution is 5.75. The SMILES string of the molecule is CC(=O)O[C@@H]1CC(C)=C2C=CC(C)(O)[C@@H]2[C@@H]2OC(=O)[C@H](C)[C@@H]21. The number of aliphatic hydroxyl groups is 1. The first-order valence-electron chi connectivity index (χ1n) is 7.71. The van der Waals surface area contributed by atoms with Gasteiger partial charge < -0.3 is 14.6 Å². The molecule has 1 fully saturated rings. The summed E-state index contributed by atoms with van der Waals surface area (Å²) in [4.78, 5) is 23.5. The molecule has 0 spiro atoms. The van der Waals surface area contributed by atoms with E-state index in [1.807, 2.05) is 13.0 Å². The van der Waals surface area contributed by atoms with Crippen LogP contribution < -0.4 is 0 Å². The van der Waals surface area contributed by atoms with E-state index >= 15 is 0 Å². The van der Waals surface area contributed by atoms with Gasteiger partial charge in [-0.05, 0) is 19.4 Å². The number of allylic oxidation sites excluding steroid dienone is 1. The molecule has 1 aliphatic heterocycles. The van der Waals surface area contributed by atoms with E-state index in [0.29, 0.717) is 6.42 Å². The molecule has 1 unspecified atom stereocenters. The van der Waals surface area contributed by atoms with Crippen LogP contribution in [0.25, 0.3) is 0 Å². The fourth-order valence-electron chi connectivity index (χ4n) is 4.17. The molecule has 0 aromatic carbocycles. The topological polar surface area (TPSA) is 72.8 Å². The van der Waals surface area contributed by atoms with Crippen molar-refractivity contribution in [3.63, 3.8) is 0 Å². The smallest absolute Gasteiger partial charge is 0.309 e. The molecule has 1 N–H and O–H groups in total. The summed E-state index contributed by atoms with van der Waals surface area (Å²) < 4.78 is 11.1. The third-order valence-electron chi connectivity index (χ3n) is 5.22. The summed E-state index contributed by atoms with van der Waals surface area (Å²) >= 11 is 0. The second-order valence-corrected chi connectivity index (χ2v) is 6.89. The third-order valence-corrected chi connectivity index (χ3v) is 5.22. The first-order valence-corrected chi connectivity index (χ1v) is 7.71. The quantitative estimate of drug-likeness (QED) is 0.747. The lowest BCUT2D eigenvalue weighted by molar-refractivity contribution is -0.151. The van der Waals surface area contributed by atoms with Crippen LogP contribution in [0.3, 0.4) is 0 Å². The van der Waals surface area contributed by atoms with Gasteiger partial charge in [0.15, 0.2) is 0 Å². The molecule has 5 heteroatoms. The van der Waals surface area contributed by atoms with E-state index in [9.17, 15) is 14.7 Å². The second kappa shape index (κ2) is 4.95. The summed E-state index contributed by atoms with van der Waals surface area (Å²) in [6, 6.07) is 0. The van der Waals surface area contributed by atoms with Gasteiger partial charge in [-0.25, -0.2) is 0 Å². The van der Waals surface area contributed by atoms with Gasteiger partial charge in [0.05, 0.1) is 17.4 Å². The molecule has 0 bridgehead atoms. The van der Waals surface area contributed by atoms with E-state index in [-0.39, 0.29) is 29.7 Å². The highest BCUT2D eigenvalue weighted by Gasteiger charge is 2.57. The number of hydrogen-bond donors (Lipinski definition) is 1. The summed E-state index contributed by atoms with van der Waals surface area (Å²) in [5.41, 5.74) is 1.01. The lowest BCUT2D eigenvalue weighted by Crippen LogP contribution is -2.44. The molecule has 1 saturated heterocycles. The molecular formula is C17H22O5. The molecule has 0 saturated carbocycles. The van der Waals surface area contributed by atoms with E-state index in [0.717, 1.165) is 11.1 Å². The zero-order chi connectivity index (χ0) is 16.2. The van der Waals surface area contributed by atoms with Crippen LogP contribution in [0.5, 0.6) is 0 Å². The molecular weight excluding hydrogens is 284 g/mol. The Kier molecular flexibility index (Phi) is 3.44. The lowest BCUT2D eigenvalue weighted by atomic mass is 9.76. The summed E-state index contributed by atoms with van der Waals surface area (Å²) in [6.45, 7) is 6.90. The number of carbonyl (C=O) groups excluding carboxylic acids is 2. The van der Waals surface area contributed by atoms with Crippen LogP contribution in [0.1, 0.15) is 34.1 Å². The van der Waals surface area contributed by atoms with Crippen molar-refractivity contribution in [3.8, 4) is 0 Å². The van der Waals surface area contributed by atoms with E-state index in [4.69, 9.17) is 9.47 Å². The number of carbonyl (C=O) groups is 2. The second-order valence-electron chi connectivity index (χ2n) is 6.89. The van der Waals surface area contributed by atoms with E-state index in [1.165, 1.54) is 6.92 Å². The van der Waals surface area contributed by atoms with Gasteiger partial charge in [-0.15, -0.1) is 0 Å². The van der Waals surface area contributed by atoms with Crippen LogP contribution in [0.4, 0.5) is 0 Å². The Labute approximate surface area is 130 Å². The first-order chi connectivity index (χ1) is 10.2. The minimum atomic E-state index is -1.06. The van der Waals surface area contributed by atoms with Gasteiger partial charge >= 0.3 is 11.9 Å². The van der Waals surface area contributed by atoms with Crippen LogP contribution in [0, 0.1) is 17.8 Å². The van der Waals surface area contributed by atoms with Gasteiger partial charge in [0, 0.05) is 19.3 Å². The predicted molar refractivity (Wildman–Crippen MR) is 78.7 cm³/mol. The molecule has 22 heavy (non-hydrogen) atoms. The Balaban J connectivity index is 2.07. The van der Waals surface area contributed by atoms with Crippen molar-refractivity contribution >= 4 is 11.9 Å². The molecule has 1 heterocycles. The number of rotatable bonds is 1. The van der Waals surface area contributed by atoms with Crippen molar-refractivity contribution in [1.82, 2.24) is 0 Å². The van der Waals surface area contributed by atoms with Gasteiger partial charge in [0.2, 0.25) is 0 Å². The molecule has 3 aliphatic rings. The molecule has 2 aliphatic carbocycles. The Morgan fingerprint density at radius 2 is 2.18 bits per heavy atom. The zero-order valence-electron chi connectivity index (χ0n) is 13.3. The summed E-state index contributed by atoms with van der Waals surface area (Å²) in [5.74, 6) is -1.53. The molecule has 3 rings (SSSR count). The number of hydrogen-bond acceptors (Lipinski definition) is 5. The van der Waals surface area contributed by atoms with E-state index in [2.05, 4.69) is 0 Å². The minimum Gasteiger partial charge on any atom is -0.462 e. The third kappa shape index (κ3) is 2.19. The van der Waals surface area contributed by atoms with E-state index in [1.54, 1.807) is 19.9 Å². The maximum atomic E-state index is 12.1. The molecule has 6 atom stereocenters. The standard InChI is InChI=1S/C17H22O5/c1-8-7-12(21-10(3)18)13-9(2)16(19)22-15(13)14-11(8)5-6-17(14,4)20/h5-6,9,12-15,20H,7H2,1-4H3/t9-,12-,13-,14+,15-,17?/m1/s1. The number of esters is 2. The average molecular weight is 306 g/mol. The number of fused-ring (bicyclic) bond motifs is 3. The van der Waals surface area contributed by atoms with Gasteiger partial charge in [-0.2, -0.15) is 0 Å². The molecule has 0 aromatic rings. The normalized spacial score (nSPS) is 43.5. The first kappa shape index (κ1) is 15.3. The van der Waals surface area contributed by atoms with Gasteiger partial charge in [-0.3, -0.25) is 9.59 Å². The molecule has 0 aromatic heterocycles. The summed E-state index contributed by atoms with van der Waals surface area (Å²) in [5, 5.41) is 10.7. The highest BCUT2D eigenvalue weighted by Crippen LogP contribution is 2.50. The fourth-order valence-corrected chi connectivity index (χ4v) is 4.17. The van der Waals surface area contributed by atoms with Gasteiger partial charge in [-0.1, -0.05) is 24.6 Å². The van der Waals surface area contributed by atoms with Crippen molar-refractivity contribution in [2.24, 2.45) is 17.8 Å². The van der Waals surface area contributed by atoms with Crippen LogP contribution in [0.15, 0.2) is 23.3 Å². The molecule has 0 amide bonds. The molecule has 120 valence electrons. The van der Waals surface area contributed by atoms with Gasteiger partial charge in [0.25, 0.3) is 0 Å². The van der Waals surface area contributed by atoms with E-state index < -0.39 is 17.8 Å². The van der Waals surface area contributed by atoms with Crippen molar-refractivity contribution < 1.29 is 24.2 Å². The lowest BCUT2D eigenvalue weighted by Gasteiger charge is -2.34. The van der Waals surface area contributed by atoms with Crippen molar-refractivity contribution in [1.29, 1.82) is 0 Å². The van der Waals surface area contributed by atoms with Crippen molar-refractivity contribution in [2.45, 2.75) is 51.9 Å². The van der Waals surface area contributed by atoms with Crippen LogP contribution in [-0.2, 0) is 19.1 Å². The molecule has 0 radical (unpaired) electrons. The largest absolute Gasteiger partial charge is 0.462 e.